The molecule has 43 heavy (non-hydrogen) atoms. The zero-order chi connectivity index (χ0) is 30.4. The number of morpholine rings is 1. The average Bonchev–Trinajstić information content (AvgIpc) is 3.02. The first-order valence-electron chi connectivity index (χ1n) is 15.9. The lowest BCUT2D eigenvalue weighted by Gasteiger charge is -2.52. The van der Waals surface area contributed by atoms with Crippen molar-refractivity contribution in [2.45, 2.75) is 71.0 Å². The molecule has 9 nitrogen and oxygen atoms in total. The number of benzene rings is 2. The fourth-order valence-corrected chi connectivity index (χ4v) is 6.40. The molecule has 0 saturated carbocycles. The Labute approximate surface area is 255 Å². The van der Waals surface area contributed by atoms with Crippen molar-refractivity contribution in [3.05, 3.63) is 59.7 Å². The van der Waals surface area contributed by atoms with Crippen LogP contribution in [0.4, 0.5) is 0 Å². The lowest BCUT2D eigenvalue weighted by molar-refractivity contribution is -0.161. The van der Waals surface area contributed by atoms with E-state index in [4.69, 9.17) is 9.47 Å². The van der Waals surface area contributed by atoms with Gasteiger partial charge in [0.05, 0.1) is 13.2 Å². The molecule has 1 N–H and O–H groups in total. The van der Waals surface area contributed by atoms with E-state index in [0.717, 1.165) is 38.2 Å². The van der Waals surface area contributed by atoms with Gasteiger partial charge in [0.25, 0.3) is 5.91 Å². The second-order valence-corrected chi connectivity index (χ2v) is 12.5. The van der Waals surface area contributed by atoms with Gasteiger partial charge < -0.3 is 24.6 Å². The lowest BCUT2D eigenvalue weighted by atomic mass is 9.80. The number of unbranched alkanes of at least 4 members (excludes halogenated alkanes) is 1. The molecule has 0 aliphatic carbocycles. The SMILES string of the molecule is CCCCN1C(=O)[C@H](CC(C)C)NC(=O)C12CCN(Cc1ccc(Oc3ccc(C(=O)N4CCOCC4)cc3)cc1)CC2. The molecule has 3 fully saturated rings. The van der Waals surface area contributed by atoms with Crippen LogP contribution in [0.1, 0.15) is 68.8 Å². The number of hydrogen-bond acceptors (Lipinski definition) is 6. The third-order valence-electron chi connectivity index (χ3n) is 8.90. The quantitative estimate of drug-likeness (QED) is 0.440. The normalized spacial score (nSPS) is 20.9. The smallest absolute Gasteiger partial charge is 0.254 e. The van der Waals surface area contributed by atoms with Crippen LogP contribution in [0.15, 0.2) is 48.5 Å². The molecule has 0 bridgehead atoms. The number of ether oxygens (including phenoxy) is 2. The number of piperazine rings is 1. The maximum Gasteiger partial charge on any atom is 0.254 e. The van der Waals surface area contributed by atoms with E-state index in [1.807, 2.05) is 34.1 Å². The minimum Gasteiger partial charge on any atom is -0.457 e. The third kappa shape index (κ3) is 7.21. The predicted molar refractivity (Wildman–Crippen MR) is 165 cm³/mol. The van der Waals surface area contributed by atoms with Crippen LogP contribution in [0, 0.1) is 5.92 Å². The Morgan fingerprint density at radius 2 is 1.60 bits per heavy atom. The van der Waals surface area contributed by atoms with Gasteiger partial charge in [-0.1, -0.05) is 39.3 Å². The molecule has 1 spiro atoms. The second-order valence-electron chi connectivity index (χ2n) is 12.5. The molecule has 5 rings (SSSR count). The summed E-state index contributed by atoms with van der Waals surface area (Å²) in [5.41, 5.74) is 1.07. The monoisotopic (exact) mass is 590 g/mol. The molecular formula is C34H46N4O5. The highest BCUT2D eigenvalue weighted by Gasteiger charge is 2.53. The van der Waals surface area contributed by atoms with E-state index in [0.29, 0.717) is 69.3 Å². The number of rotatable bonds is 10. The van der Waals surface area contributed by atoms with Crippen LogP contribution < -0.4 is 10.1 Å². The Balaban J connectivity index is 1.15. The van der Waals surface area contributed by atoms with Crippen LogP contribution >= 0.6 is 0 Å². The molecular weight excluding hydrogens is 544 g/mol. The van der Waals surface area contributed by atoms with Gasteiger partial charge in [-0.05, 0) is 73.6 Å². The molecule has 9 heteroatoms. The zero-order valence-electron chi connectivity index (χ0n) is 25.8. The number of amides is 3. The number of carbonyl (C=O) groups excluding carboxylic acids is 3. The minimum atomic E-state index is -0.740. The van der Waals surface area contributed by atoms with Gasteiger partial charge in [0.1, 0.15) is 23.1 Å². The van der Waals surface area contributed by atoms with Gasteiger partial charge in [-0.15, -0.1) is 0 Å². The number of piperidine rings is 1. The van der Waals surface area contributed by atoms with Crippen molar-refractivity contribution in [3.8, 4) is 11.5 Å². The van der Waals surface area contributed by atoms with Crippen LogP contribution in [-0.4, -0.2) is 89.9 Å². The van der Waals surface area contributed by atoms with Crippen molar-refractivity contribution in [2.24, 2.45) is 5.92 Å². The van der Waals surface area contributed by atoms with Gasteiger partial charge in [-0.3, -0.25) is 19.3 Å². The highest BCUT2D eigenvalue weighted by Crippen LogP contribution is 2.35. The highest BCUT2D eigenvalue weighted by molar-refractivity contribution is 6.00. The van der Waals surface area contributed by atoms with Crippen molar-refractivity contribution in [1.29, 1.82) is 0 Å². The first kappa shape index (κ1) is 31.0. The van der Waals surface area contributed by atoms with Gasteiger partial charge in [0, 0.05) is 44.8 Å². The van der Waals surface area contributed by atoms with Crippen LogP contribution in [0.25, 0.3) is 0 Å². The number of nitrogens with zero attached hydrogens (tertiary/aromatic N) is 3. The molecule has 0 aromatic heterocycles. The summed E-state index contributed by atoms with van der Waals surface area (Å²) in [6.07, 6.45) is 3.86. The van der Waals surface area contributed by atoms with Crippen LogP contribution in [-0.2, 0) is 20.9 Å². The molecule has 3 heterocycles. The van der Waals surface area contributed by atoms with E-state index in [1.165, 1.54) is 5.56 Å². The summed E-state index contributed by atoms with van der Waals surface area (Å²) >= 11 is 0. The van der Waals surface area contributed by atoms with Crippen LogP contribution in [0.5, 0.6) is 11.5 Å². The van der Waals surface area contributed by atoms with Gasteiger partial charge in [0.15, 0.2) is 0 Å². The molecule has 2 aromatic carbocycles. The van der Waals surface area contributed by atoms with E-state index in [-0.39, 0.29) is 17.7 Å². The number of carbonyl (C=O) groups is 3. The van der Waals surface area contributed by atoms with Crippen molar-refractivity contribution >= 4 is 17.7 Å². The summed E-state index contributed by atoms with van der Waals surface area (Å²) in [5.74, 6) is 1.87. The summed E-state index contributed by atoms with van der Waals surface area (Å²) in [4.78, 5) is 45.8. The van der Waals surface area contributed by atoms with E-state index in [9.17, 15) is 14.4 Å². The summed E-state index contributed by atoms with van der Waals surface area (Å²) in [6, 6.07) is 14.9. The third-order valence-corrected chi connectivity index (χ3v) is 8.90. The first-order valence-corrected chi connectivity index (χ1v) is 15.9. The molecule has 3 amide bonds. The highest BCUT2D eigenvalue weighted by atomic mass is 16.5. The van der Waals surface area contributed by atoms with Crippen molar-refractivity contribution in [3.63, 3.8) is 0 Å². The van der Waals surface area contributed by atoms with Gasteiger partial charge in [-0.2, -0.15) is 0 Å². The van der Waals surface area contributed by atoms with Crippen molar-refractivity contribution in [1.82, 2.24) is 20.0 Å². The molecule has 0 unspecified atom stereocenters. The Hall–Kier alpha value is -3.43. The zero-order valence-corrected chi connectivity index (χ0v) is 25.8. The fourth-order valence-electron chi connectivity index (χ4n) is 6.40. The average molecular weight is 591 g/mol. The van der Waals surface area contributed by atoms with Gasteiger partial charge >= 0.3 is 0 Å². The topological polar surface area (TPSA) is 91.4 Å². The number of likely N-dealkylation sites (tertiary alicyclic amines) is 1. The lowest BCUT2D eigenvalue weighted by Crippen LogP contribution is -2.73. The largest absolute Gasteiger partial charge is 0.457 e. The standard InChI is InChI=1S/C34H46N4O5/c1-4-5-16-38-32(40)30(23-25(2)3)35-33(41)34(38)14-17-36(18-15-34)24-26-6-10-28(11-7-26)43-29-12-8-27(9-13-29)31(39)37-19-21-42-22-20-37/h6-13,25,30H,4-5,14-24H2,1-3H3,(H,35,41)/t30-/m0/s1. The van der Waals surface area contributed by atoms with E-state index >= 15 is 0 Å². The molecule has 232 valence electrons. The van der Waals surface area contributed by atoms with Gasteiger partial charge in [-0.25, -0.2) is 0 Å². The van der Waals surface area contributed by atoms with E-state index < -0.39 is 11.6 Å². The molecule has 3 aliphatic heterocycles. The predicted octanol–water partition coefficient (Wildman–Crippen LogP) is 4.46. The van der Waals surface area contributed by atoms with Crippen LogP contribution in [0.2, 0.25) is 0 Å². The Morgan fingerprint density at radius 3 is 2.21 bits per heavy atom. The van der Waals surface area contributed by atoms with E-state index in [1.54, 1.807) is 12.1 Å². The Kier molecular flexibility index (Phi) is 10.0. The molecule has 0 radical (unpaired) electrons. The Morgan fingerprint density at radius 1 is 0.977 bits per heavy atom. The number of hydrogen-bond donors (Lipinski definition) is 1. The number of nitrogens with one attached hydrogen (secondary N) is 1. The van der Waals surface area contributed by atoms with Crippen molar-refractivity contribution in [2.75, 3.05) is 45.9 Å². The van der Waals surface area contributed by atoms with Crippen LogP contribution in [0.3, 0.4) is 0 Å². The first-order chi connectivity index (χ1) is 20.8. The molecule has 3 aliphatic rings. The maximum atomic E-state index is 13.5. The second kappa shape index (κ2) is 13.9. The van der Waals surface area contributed by atoms with Gasteiger partial charge in [0.2, 0.25) is 11.8 Å². The Bertz CT molecular complexity index is 1250. The molecule has 1 atom stereocenters. The van der Waals surface area contributed by atoms with Crippen molar-refractivity contribution < 1.29 is 23.9 Å². The summed E-state index contributed by atoms with van der Waals surface area (Å²) < 4.78 is 11.4. The molecule has 3 saturated heterocycles. The summed E-state index contributed by atoms with van der Waals surface area (Å²) in [5, 5.41) is 3.09. The molecule has 2 aromatic rings. The van der Waals surface area contributed by atoms with E-state index in [2.05, 4.69) is 43.1 Å². The fraction of sp³-hybridized carbons (Fsp3) is 0.559. The minimum absolute atomic E-state index is 0.0162. The summed E-state index contributed by atoms with van der Waals surface area (Å²) in [7, 11) is 0. The summed E-state index contributed by atoms with van der Waals surface area (Å²) in [6.45, 7) is 11.6. The maximum absolute atomic E-state index is 13.5.